The fourth-order valence-electron chi connectivity index (χ4n) is 2.79. The standard InChI is InChI=1S/C17H31N/c1-9-17(7,8)18-14-11-10-13(12(2)3)15(14)16(4,5)6/h10-13,15H,9H2,1-8H3. The Morgan fingerprint density at radius 3 is 2.11 bits per heavy atom. The molecule has 1 nitrogen and oxygen atoms in total. The maximum absolute atomic E-state index is 5.04. The third-order valence-electron chi connectivity index (χ3n) is 4.19. The van der Waals surface area contributed by atoms with Crippen molar-refractivity contribution in [2.45, 2.75) is 67.3 Å². The molecule has 1 heteroatoms. The van der Waals surface area contributed by atoms with Crippen LogP contribution in [0.15, 0.2) is 17.1 Å². The Hall–Kier alpha value is -0.590. The summed E-state index contributed by atoms with van der Waals surface area (Å²) in [6.45, 7) is 18.3. The summed E-state index contributed by atoms with van der Waals surface area (Å²) in [6.07, 6.45) is 5.75. The third kappa shape index (κ3) is 3.46. The van der Waals surface area contributed by atoms with Gasteiger partial charge < -0.3 is 0 Å². The van der Waals surface area contributed by atoms with Crippen LogP contribution in [0.3, 0.4) is 0 Å². The highest BCUT2D eigenvalue weighted by Gasteiger charge is 2.39. The highest BCUT2D eigenvalue weighted by atomic mass is 14.9. The second-order valence-corrected chi connectivity index (χ2v) is 7.73. The van der Waals surface area contributed by atoms with E-state index in [-0.39, 0.29) is 11.0 Å². The van der Waals surface area contributed by atoms with E-state index in [1.165, 1.54) is 5.71 Å². The zero-order chi connectivity index (χ0) is 14.1. The van der Waals surface area contributed by atoms with Crippen molar-refractivity contribution >= 4 is 5.71 Å². The lowest BCUT2D eigenvalue weighted by molar-refractivity contribution is 0.224. The molecule has 0 aromatic heterocycles. The SMILES string of the molecule is CCC(C)(C)N=C1C=CC(C(C)C)C1C(C)(C)C. The van der Waals surface area contributed by atoms with Crippen molar-refractivity contribution in [1.82, 2.24) is 0 Å². The van der Waals surface area contributed by atoms with Gasteiger partial charge in [-0.3, -0.25) is 4.99 Å². The van der Waals surface area contributed by atoms with Gasteiger partial charge in [0.25, 0.3) is 0 Å². The lowest BCUT2D eigenvalue weighted by atomic mass is 9.70. The van der Waals surface area contributed by atoms with Crippen LogP contribution < -0.4 is 0 Å². The zero-order valence-electron chi connectivity index (χ0n) is 13.5. The molecule has 2 unspecified atom stereocenters. The molecule has 0 fully saturated rings. The first-order valence-electron chi connectivity index (χ1n) is 7.36. The molecule has 0 saturated carbocycles. The Kier molecular flexibility index (Phi) is 4.46. The molecule has 0 heterocycles. The first-order valence-corrected chi connectivity index (χ1v) is 7.36. The topological polar surface area (TPSA) is 12.4 Å². The largest absolute Gasteiger partial charge is 0.283 e. The number of hydrogen-bond acceptors (Lipinski definition) is 1. The van der Waals surface area contributed by atoms with Crippen LogP contribution in [-0.4, -0.2) is 11.3 Å². The van der Waals surface area contributed by atoms with Crippen LogP contribution in [-0.2, 0) is 0 Å². The number of rotatable bonds is 3. The number of hydrogen-bond donors (Lipinski definition) is 0. The normalized spacial score (nSPS) is 27.5. The van der Waals surface area contributed by atoms with Gasteiger partial charge in [0.1, 0.15) is 0 Å². The Labute approximate surface area is 114 Å². The maximum atomic E-state index is 5.04. The van der Waals surface area contributed by atoms with Crippen molar-refractivity contribution < 1.29 is 0 Å². The summed E-state index contributed by atoms with van der Waals surface area (Å²) in [5, 5.41) is 0. The van der Waals surface area contributed by atoms with Crippen molar-refractivity contribution in [2.75, 3.05) is 0 Å². The minimum absolute atomic E-state index is 0.0645. The summed E-state index contributed by atoms with van der Waals surface area (Å²) in [7, 11) is 0. The van der Waals surface area contributed by atoms with Gasteiger partial charge in [-0.25, -0.2) is 0 Å². The van der Waals surface area contributed by atoms with Crippen molar-refractivity contribution in [1.29, 1.82) is 0 Å². The summed E-state index contributed by atoms with van der Waals surface area (Å²) in [4.78, 5) is 5.04. The van der Waals surface area contributed by atoms with Crippen LogP contribution in [0.1, 0.15) is 61.8 Å². The average Bonchev–Trinajstić information content (AvgIpc) is 2.60. The lowest BCUT2D eigenvalue weighted by Crippen LogP contribution is -2.34. The van der Waals surface area contributed by atoms with Crippen molar-refractivity contribution in [2.24, 2.45) is 28.2 Å². The van der Waals surface area contributed by atoms with Crippen molar-refractivity contribution in [3.63, 3.8) is 0 Å². The lowest BCUT2D eigenvalue weighted by Gasteiger charge is -2.35. The van der Waals surface area contributed by atoms with Gasteiger partial charge in [0.15, 0.2) is 0 Å². The van der Waals surface area contributed by atoms with Crippen molar-refractivity contribution in [3.8, 4) is 0 Å². The van der Waals surface area contributed by atoms with E-state index in [4.69, 9.17) is 4.99 Å². The molecule has 0 bridgehead atoms. The smallest absolute Gasteiger partial charge is 0.0552 e. The van der Waals surface area contributed by atoms with Crippen LogP contribution in [0.2, 0.25) is 0 Å². The summed E-state index contributed by atoms with van der Waals surface area (Å²) < 4.78 is 0. The van der Waals surface area contributed by atoms with E-state index in [1.54, 1.807) is 0 Å². The molecular weight excluding hydrogens is 218 g/mol. The number of aliphatic imine (C=N–C) groups is 1. The van der Waals surface area contributed by atoms with E-state index in [1.807, 2.05) is 0 Å². The Morgan fingerprint density at radius 1 is 1.17 bits per heavy atom. The van der Waals surface area contributed by atoms with E-state index in [0.29, 0.717) is 17.8 Å². The van der Waals surface area contributed by atoms with E-state index in [0.717, 1.165) is 6.42 Å². The average molecular weight is 249 g/mol. The Bertz CT molecular complexity index is 339. The molecule has 1 rings (SSSR count). The third-order valence-corrected chi connectivity index (χ3v) is 4.19. The maximum Gasteiger partial charge on any atom is 0.0552 e. The van der Waals surface area contributed by atoms with E-state index in [9.17, 15) is 0 Å². The second-order valence-electron chi connectivity index (χ2n) is 7.73. The van der Waals surface area contributed by atoms with Gasteiger partial charge in [-0.15, -0.1) is 0 Å². The molecule has 0 spiro atoms. The van der Waals surface area contributed by atoms with Crippen LogP contribution in [0.4, 0.5) is 0 Å². The highest BCUT2D eigenvalue weighted by Crippen LogP contribution is 2.42. The minimum Gasteiger partial charge on any atom is -0.283 e. The van der Waals surface area contributed by atoms with Crippen LogP contribution >= 0.6 is 0 Å². The quantitative estimate of drug-likeness (QED) is 0.658. The van der Waals surface area contributed by atoms with Gasteiger partial charge in [-0.05, 0) is 43.6 Å². The van der Waals surface area contributed by atoms with Gasteiger partial charge in [0.2, 0.25) is 0 Å². The van der Waals surface area contributed by atoms with E-state index < -0.39 is 0 Å². The molecule has 0 saturated heterocycles. The molecule has 0 radical (unpaired) electrons. The van der Waals surface area contributed by atoms with Crippen LogP contribution in [0.25, 0.3) is 0 Å². The molecule has 18 heavy (non-hydrogen) atoms. The van der Waals surface area contributed by atoms with Gasteiger partial charge >= 0.3 is 0 Å². The van der Waals surface area contributed by atoms with E-state index >= 15 is 0 Å². The number of allylic oxidation sites excluding steroid dienone is 2. The molecule has 2 atom stereocenters. The second kappa shape index (κ2) is 5.19. The fourth-order valence-corrected chi connectivity index (χ4v) is 2.79. The molecule has 1 aliphatic carbocycles. The minimum atomic E-state index is 0.0645. The molecule has 0 aromatic carbocycles. The predicted octanol–water partition coefficient (Wildman–Crippen LogP) is 5.12. The first kappa shape index (κ1) is 15.5. The summed E-state index contributed by atoms with van der Waals surface area (Å²) in [5.74, 6) is 1.88. The molecule has 0 aromatic rings. The summed E-state index contributed by atoms with van der Waals surface area (Å²) >= 11 is 0. The molecule has 104 valence electrons. The van der Waals surface area contributed by atoms with Crippen LogP contribution in [0.5, 0.6) is 0 Å². The molecule has 1 aliphatic rings. The van der Waals surface area contributed by atoms with Gasteiger partial charge in [0, 0.05) is 11.6 Å². The van der Waals surface area contributed by atoms with Crippen LogP contribution in [0, 0.1) is 23.2 Å². The van der Waals surface area contributed by atoms with Gasteiger partial charge in [-0.1, -0.05) is 47.6 Å². The number of nitrogens with zero attached hydrogens (tertiary/aromatic N) is 1. The molecule has 0 N–H and O–H groups in total. The summed E-state index contributed by atoms with van der Waals surface area (Å²) in [6, 6.07) is 0. The fraction of sp³-hybridized carbons (Fsp3) is 0.824. The van der Waals surface area contributed by atoms with E-state index in [2.05, 4.69) is 67.5 Å². The Morgan fingerprint density at radius 2 is 1.72 bits per heavy atom. The monoisotopic (exact) mass is 249 g/mol. The highest BCUT2D eigenvalue weighted by molar-refractivity contribution is 6.00. The predicted molar refractivity (Wildman–Crippen MR) is 82.2 cm³/mol. The molecular formula is C17H31N. The first-order chi connectivity index (χ1) is 8.08. The molecule has 0 aliphatic heterocycles. The van der Waals surface area contributed by atoms with Crippen molar-refractivity contribution in [3.05, 3.63) is 12.2 Å². The van der Waals surface area contributed by atoms with Gasteiger partial charge in [0.05, 0.1) is 5.54 Å². The van der Waals surface area contributed by atoms with Gasteiger partial charge in [-0.2, -0.15) is 0 Å². The zero-order valence-corrected chi connectivity index (χ0v) is 13.5. The Balaban J connectivity index is 3.11. The molecule has 0 amide bonds. The summed E-state index contributed by atoms with van der Waals surface area (Å²) in [5.41, 5.74) is 1.66.